The highest BCUT2D eigenvalue weighted by Gasteiger charge is 2.27. The molecule has 3 rings (SSSR count). The second-order valence-electron chi connectivity index (χ2n) is 11.2. The Balaban J connectivity index is 2.50. The molecule has 0 bridgehead atoms. The lowest BCUT2D eigenvalue weighted by atomic mass is 9.98. The van der Waals surface area contributed by atoms with Gasteiger partial charge in [0, 0.05) is 10.8 Å². The standard InChI is InChI=1S/C34H48Cl2O4/c1-9-13-21(5)37-29-17-18-30(38-22(6)14-10-2)32-31(29)33(39-23(7)15-11-3)25-19-27(35)28(36)20-26(25)34(32)40-24(8)16-12-4/h17-24H,9-16H2,1-8H3. The Bertz CT molecular complexity index is 1160. The van der Waals surface area contributed by atoms with Crippen molar-refractivity contribution in [2.45, 2.75) is 131 Å². The Labute approximate surface area is 251 Å². The van der Waals surface area contributed by atoms with Gasteiger partial charge in [-0.05, 0) is 77.6 Å². The van der Waals surface area contributed by atoms with Crippen LogP contribution in [0.4, 0.5) is 0 Å². The minimum Gasteiger partial charge on any atom is -0.490 e. The van der Waals surface area contributed by atoms with Gasteiger partial charge in [0.2, 0.25) is 0 Å². The van der Waals surface area contributed by atoms with Crippen molar-refractivity contribution in [3.63, 3.8) is 0 Å². The van der Waals surface area contributed by atoms with Gasteiger partial charge in [-0.2, -0.15) is 0 Å². The monoisotopic (exact) mass is 590 g/mol. The van der Waals surface area contributed by atoms with Crippen LogP contribution in [0.3, 0.4) is 0 Å². The molecule has 3 aromatic carbocycles. The summed E-state index contributed by atoms with van der Waals surface area (Å²) < 4.78 is 26.8. The van der Waals surface area contributed by atoms with E-state index >= 15 is 0 Å². The third-order valence-corrected chi connectivity index (χ3v) is 7.93. The normalized spacial score (nSPS) is 14.7. The predicted molar refractivity (Wildman–Crippen MR) is 171 cm³/mol. The Morgan fingerprint density at radius 2 is 0.825 bits per heavy atom. The molecule has 222 valence electrons. The van der Waals surface area contributed by atoms with E-state index in [1.54, 1.807) is 0 Å². The molecule has 0 heterocycles. The molecule has 40 heavy (non-hydrogen) atoms. The molecule has 4 atom stereocenters. The molecule has 4 nitrogen and oxygen atoms in total. The number of halogens is 2. The van der Waals surface area contributed by atoms with Crippen LogP contribution in [0, 0.1) is 0 Å². The first-order valence-electron chi connectivity index (χ1n) is 15.2. The van der Waals surface area contributed by atoms with Crippen LogP contribution >= 0.6 is 23.2 Å². The maximum absolute atomic E-state index is 6.78. The number of hydrogen-bond acceptors (Lipinski definition) is 4. The van der Waals surface area contributed by atoms with E-state index in [-0.39, 0.29) is 24.4 Å². The fraction of sp³-hybridized carbons (Fsp3) is 0.588. The molecular weight excluding hydrogens is 543 g/mol. The summed E-state index contributed by atoms with van der Waals surface area (Å²) in [6.45, 7) is 17.1. The van der Waals surface area contributed by atoms with Gasteiger partial charge in [0.05, 0.1) is 45.2 Å². The fourth-order valence-corrected chi connectivity index (χ4v) is 5.67. The lowest BCUT2D eigenvalue weighted by Gasteiger charge is -2.27. The molecule has 0 radical (unpaired) electrons. The molecule has 3 aromatic rings. The summed E-state index contributed by atoms with van der Waals surface area (Å²) in [6.07, 6.45) is 7.87. The van der Waals surface area contributed by atoms with Gasteiger partial charge >= 0.3 is 0 Å². The van der Waals surface area contributed by atoms with E-state index in [9.17, 15) is 0 Å². The van der Waals surface area contributed by atoms with Crippen molar-refractivity contribution in [1.29, 1.82) is 0 Å². The van der Waals surface area contributed by atoms with Crippen molar-refractivity contribution >= 4 is 44.7 Å². The van der Waals surface area contributed by atoms with Crippen molar-refractivity contribution in [2.75, 3.05) is 0 Å². The summed E-state index contributed by atoms with van der Waals surface area (Å²) >= 11 is 13.3. The average molecular weight is 592 g/mol. The van der Waals surface area contributed by atoms with E-state index in [0.29, 0.717) is 10.0 Å². The quantitative estimate of drug-likeness (QED) is 0.155. The second-order valence-corrected chi connectivity index (χ2v) is 12.0. The molecule has 0 aromatic heterocycles. The maximum Gasteiger partial charge on any atom is 0.139 e. The molecule has 0 aliphatic rings. The van der Waals surface area contributed by atoms with Crippen LogP contribution in [0.1, 0.15) is 107 Å². The third kappa shape index (κ3) is 7.82. The smallest absolute Gasteiger partial charge is 0.139 e. The summed E-state index contributed by atoms with van der Waals surface area (Å²) in [6, 6.07) is 7.83. The van der Waals surface area contributed by atoms with E-state index in [1.165, 1.54) is 0 Å². The van der Waals surface area contributed by atoms with Gasteiger partial charge in [-0.25, -0.2) is 0 Å². The van der Waals surface area contributed by atoms with E-state index in [0.717, 1.165) is 95.9 Å². The molecule has 4 unspecified atom stereocenters. The molecule has 0 saturated carbocycles. The predicted octanol–water partition coefficient (Wildman–Crippen LogP) is 11.6. The van der Waals surface area contributed by atoms with Gasteiger partial charge in [0.15, 0.2) is 0 Å². The van der Waals surface area contributed by atoms with Gasteiger partial charge < -0.3 is 18.9 Å². The van der Waals surface area contributed by atoms with E-state index in [1.807, 2.05) is 24.3 Å². The largest absolute Gasteiger partial charge is 0.490 e. The zero-order valence-electron chi connectivity index (χ0n) is 25.7. The minimum atomic E-state index is -0.0128. The van der Waals surface area contributed by atoms with E-state index in [4.69, 9.17) is 42.1 Å². The van der Waals surface area contributed by atoms with Crippen molar-refractivity contribution in [1.82, 2.24) is 0 Å². The molecule has 0 amide bonds. The van der Waals surface area contributed by atoms with Gasteiger partial charge in [-0.15, -0.1) is 0 Å². The van der Waals surface area contributed by atoms with Crippen molar-refractivity contribution in [3.8, 4) is 23.0 Å². The zero-order valence-corrected chi connectivity index (χ0v) is 27.2. The minimum absolute atomic E-state index is 0.0128. The third-order valence-electron chi connectivity index (χ3n) is 7.21. The SMILES string of the molecule is CCCC(C)Oc1ccc(OC(C)CCC)c2c(OC(C)CCC)c3cc(Cl)c(Cl)cc3c(OC(C)CCC)c12. The highest BCUT2D eigenvalue weighted by molar-refractivity contribution is 6.43. The summed E-state index contributed by atoms with van der Waals surface area (Å²) in [7, 11) is 0. The number of ether oxygens (including phenoxy) is 4. The lowest BCUT2D eigenvalue weighted by Crippen LogP contribution is -2.16. The Kier molecular flexibility index (Phi) is 12.4. The molecule has 6 heteroatoms. The first-order chi connectivity index (χ1) is 19.1. The summed E-state index contributed by atoms with van der Waals surface area (Å²) in [5, 5.41) is 4.37. The van der Waals surface area contributed by atoms with E-state index in [2.05, 4.69) is 55.4 Å². The molecule has 0 aliphatic carbocycles. The Hall–Kier alpha value is -2.04. The summed E-state index contributed by atoms with van der Waals surface area (Å²) in [5.41, 5.74) is 0. The van der Waals surface area contributed by atoms with Gasteiger partial charge in [-0.3, -0.25) is 0 Å². The topological polar surface area (TPSA) is 36.9 Å². The number of rotatable bonds is 16. The van der Waals surface area contributed by atoms with Crippen LogP contribution in [-0.2, 0) is 0 Å². The van der Waals surface area contributed by atoms with Crippen LogP contribution in [0.25, 0.3) is 21.5 Å². The highest BCUT2D eigenvalue weighted by atomic mass is 35.5. The number of hydrogen-bond donors (Lipinski definition) is 0. The Morgan fingerprint density at radius 1 is 0.525 bits per heavy atom. The van der Waals surface area contributed by atoms with Crippen LogP contribution in [0.5, 0.6) is 23.0 Å². The highest BCUT2D eigenvalue weighted by Crippen LogP contribution is 2.52. The fourth-order valence-electron chi connectivity index (χ4n) is 5.35. The first-order valence-corrected chi connectivity index (χ1v) is 16.0. The molecule has 0 saturated heterocycles. The van der Waals surface area contributed by atoms with Crippen LogP contribution in [0.15, 0.2) is 24.3 Å². The second kappa shape index (κ2) is 15.3. The van der Waals surface area contributed by atoms with Gasteiger partial charge in [-0.1, -0.05) is 76.6 Å². The van der Waals surface area contributed by atoms with Gasteiger partial charge in [0.25, 0.3) is 0 Å². The molecule has 0 fully saturated rings. The molecule has 0 spiro atoms. The van der Waals surface area contributed by atoms with Gasteiger partial charge in [0.1, 0.15) is 23.0 Å². The lowest BCUT2D eigenvalue weighted by molar-refractivity contribution is 0.198. The van der Waals surface area contributed by atoms with Crippen molar-refractivity contribution in [3.05, 3.63) is 34.3 Å². The zero-order chi connectivity index (χ0) is 29.4. The maximum atomic E-state index is 6.78. The number of fused-ring (bicyclic) bond motifs is 2. The van der Waals surface area contributed by atoms with Crippen LogP contribution < -0.4 is 18.9 Å². The molecular formula is C34H48Cl2O4. The summed E-state index contributed by atoms with van der Waals surface area (Å²) in [5.74, 6) is 2.97. The molecule has 0 N–H and O–H groups in total. The average Bonchev–Trinajstić information content (AvgIpc) is 2.88. The van der Waals surface area contributed by atoms with E-state index < -0.39 is 0 Å². The molecule has 0 aliphatic heterocycles. The Morgan fingerprint density at radius 3 is 1.12 bits per heavy atom. The first kappa shape index (κ1) is 32.5. The van der Waals surface area contributed by atoms with Crippen molar-refractivity contribution < 1.29 is 18.9 Å². The van der Waals surface area contributed by atoms with Crippen LogP contribution in [-0.4, -0.2) is 24.4 Å². The van der Waals surface area contributed by atoms with Crippen molar-refractivity contribution in [2.24, 2.45) is 0 Å². The summed E-state index contributed by atoms with van der Waals surface area (Å²) in [4.78, 5) is 0. The number of benzene rings is 3. The van der Waals surface area contributed by atoms with Crippen LogP contribution in [0.2, 0.25) is 10.0 Å².